The van der Waals surface area contributed by atoms with Gasteiger partial charge in [0.1, 0.15) is 4.83 Å². The Labute approximate surface area is 97.1 Å². The van der Waals surface area contributed by atoms with Crippen molar-refractivity contribution in [2.24, 2.45) is 0 Å². The van der Waals surface area contributed by atoms with Crippen LogP contribution in [0.4, 0.5) is 0 Å². The van der Waals surface area contributed by atoms with Crippen molar-refractivity contribution in [2.45, 2.75) is 27.7 Å². The topological polar surface area (TPSA) is 49.9 Å². The normalized spacial score (nSPS) is 11.0. The van der Waals surface area contributed by atoms with Crippen LogP contribution >= 0.6 is 11.3 Å². The molecular weight excluding hydrogens is 222 g/mol. The highest BCUT2D eigenvalue weighted by molar-refractivity contribution is 7.18. The van der Waals surface area contributed by atoms with E-state index >= 15 is 0 Å². The number of hydrogen-bond donors (Lipinski definition) is 1. The van der Waals surface area contributed by atoms with Crippen LogP contribution in [0, 0.1) is 20.8 Å². The lowest BCUT2D eigenvalue weighted by atomic mass is 10.1. The lowest BCUT2D eigenvalue weighted by Crippen LogP contribution is -2.16. The molecular formula is C12H13NO2S. The maximum absolute atomic E-state index is 12.2. The molecule has 0 aliphatic rings. The summed E-state index contributed by atoms with van der Waals surface area (Å²) in [5.74, 6) is -0.177. The number of ketones is 1. The summed E-state index contributed by atoms with van der Waals surface area (Å²) < 4.78 is 0. The summed E-state index contributed by atoms with van der Waals surface area (Å²) in [4.78, 5) is 28.7. The molecule has 2 rings (SSSR count). The lowest BCUT2D eigenvalue weighted by Gasteiger charge is -2.02. The number of H-pyrrole nitrogens is 1. The van der Waals surface area contributed by atoms with E-state index in [1.807, 2.05) is 13.8 Å². The number of Topliss-reactive ketones (excluding diaryl/α,β-unsaturated/α-hetero) is 1. The number of nitrogens with one attached hydrogen (secondary N) is 1. The van der Waals surface area contributed by atoms with Crippen molar-refractivity contribution in [1.29, 1.82) is 0 Å². The number of aromatic amines is 1. The average molecular weight is 235 g/mol. The first-order chi connectivity index (χ1) is 7.43. The Morgan fingerprint density at radius 3 is 2.44 bits per heavy atom. The smallest absolute Gasteiger partial charge is 0.201 e. The molecule has 0 saturated heterocycles. The molecule has 0 fully saturated rings. The molecule has 2 aromatic rings. The Kier molecular flexibility index (Phi) is 2.46. The van der Waals surface area contributed by atoms with E-state index in [2.05, 4.69) is 4.98 Å². The van der Waals surface area contributed by atoms with Gasteiger partial charge >= 0.3 is 0 Å². The maximum atomic E-state index is 12.2. The van der Waals surface area contributed by atoms with E-state index in [1.165, 1.54) is 6.92 Å². The van der Waals surface area contributed by atoms with Crippen molar-refractivity contribution >= 4 is 27.3 Å². The molecule has 0 aromatic carbocycles. The number of rotatable bonds is 1. The largest absolute Gasteiger partial charge is 0.350 e. The monoisotopic (exact) mass is 235 g/mol. The Balaban J connectivity index is 3.03. The highest BCUT2D eigenvalue weighted by atomic mass is 32.1. The zero-order valence-corrected chi connectivity index (χ0v) is 10.5. The average Bonchev–Trinajstić information content (AvgIpc) is 2.41. The van der Waals surface area contributed by atoms with Crippen LogP contribution in [0.15, 0.2) is 4.79 Å². The van der Waals surface area contributed by atoms with Crippen LogP contribution in [0.2, 0.25) is 0 Å². The zero-order chi connectivity index (χ0) is 12.0. The van der Waals surface area contributed by atoms with Crippen LogP contribution in [-0.2, 0) is 0 Å². The summed E-state index contributed by atoms with van der Waals surface area (Å²) in [6.45, 7) is 7.10. The van der Waals surface area contributed by atoms with E-state index in [0.29, 0.717) is 11.1 Å². The van der Waals surface area contributed by atoms with Crippen LogP contribution in [0.25, 0.3) is 10.2 Å². The standard InChI is InChI=1S/C12H13NO2S/c1-5-8(4)16-12-9(5)11(15)10(7(3)14)6(2)13-12/h1-4H3,(H,13,15). The number of carbonyl (C=O) groups excluding carboxylic acids is 1. The number of carbonyl (C=O) groups is 1. The molecule has 4 heteroatoms. The van der Waals surface area contributed by atoms with Crippen molar-refractivity contribution in [2.75, 3.05) is 0 Å². The van der Waals surface area contributed by atoms with Gasteiger partial charge in [-0.2, -0.15) is 0 Å². The minimum atomic E-state index is -0.177. The molecule has 3 nitrogen and oxygen atoms in total. The highest BCUT2D eigenvalue weighted by Crippen LogP contribution is 2.27. The first-order valence-electron chi connectivity index (χ1n) is 5.07. The van der Waals surface area contributed by atoms with Crippen LogP contribution in [0.3, 0.4) is 0 Å². The van der Waals surface area contributed by atoms with E-state index in [1.54, 1.807) is 18.3 Å². The minimum Gasteiger partial charge on any atom is -0.350 e. The van der Waals surface area contributed by atoms with Crippen LogP contribution in [0.1, 0.15) is 33.4 Å². The number of pyridine rings is 1. The number of fused-ring (bicyclic) bond motifs is 1. The van der Waals surface area contributed by atoms with Crippen LogP contribution in [-0.4, -0.2) is 10.8 Å². The Bertz CT molecular complexity index is 649. The fourth-order valence-electron chi connectivity index (χ4n) is 1.94. The maximum Gasteiger partial charge on any atom is 0.201 e. The van der Waals surface area contributed by atoms with E-state index in [9.17, 15) is 9.59 Å². The van der Waals surface area contributed by atoms with Crippen LogP contribution in [0.5, 0.6) is 0 Å². The fraction of sp³-hybridized carbons (Fsp3) is 0.333. The van der Waals surface area contributed by atoms with E-state index in [-0.39, 0.29) is 16.8 Å². The molecule has 84 valence electrons. The van der Waals surface area contributed by atoms with E-state index < -0.39 is 0 Å². The first kappa shape index (κ1) is 11.1. The molecule has 0 amide bonds. The molecule has 0 unspecified atom stereocenters. The predicted molar refractivity (Wildman–Crippen MR) is 66.7 cm³/mol. The SMILES string of the molecule is CC(=O)c1c(C)[nH]c2sc(C)c(C)c2c1=O. The summed E-state index contributed by atoms with van der Waals surface area (Å²) in [5, 5.41) is 0.665. The van der Waals surface area contributed by atoms with Gasteiger partial charge in [0.2, 0.25) is 5.43 Å². The molecule has 16 heavy (non-hydrogen) atoms. The third-order valence-electron chi connectivity index (χ3n) is 2.87. The molecule has 1 N–H and O–H groups in total. The summed E-state index contributed by atoms with van der Waals surface area (Å²) in [6, 6.07) is 0. The predicted octanol–water partition coefficient (Wildman–Crippen LogP) is 2.72. The van der Waals surface area contributed by atoms with Crippen LogP contribution < -0.4 is 5.43 Å². The molecule has 0 radical (unpaired) electrons. The summed E-state index contributed by atoms with van der Waals surface area (Å²) >= 11 is 1.56. The Hall–Kier alpha value is -1.42. The quantitative estimate of drug-likeness (QED) is 0.773. The van der Waals surface area contributed by atoms with Gasteiger partial charge in [-0.1, -0.05) is 0 Å². The molecule has 0 spiro atoms. The number of aromatic nitrogens is 1. The third-order valence-corrected chi connectivity index (χ3v) is 3.99. The second-order valence-corrected chi connectivity index (χ2v) is 5.22. The van der Waals surface area contributed by atoms with Crippen molar-refractivity contribution in [1.82, 2.24) is 4.98 Å². The van der Waals surface area contributed by atoms with Crippen molar-refractivity contribution in [3.63, 3.8) is 0 Å². The molecule has 0 aliphatic heterocycles. The second-order valence-electron chi connectivity index (χ2n) is 4.00. The Morgan fingerprint density at radius 2 is 1.88 bits per heavy atom. The molecule has 2 heterocycles. The first-order valence-corrected chi connectivity index (χ1v) is 5.88. The number of thiophene rings is 1. The summed E-state index contributed by atoms with van der Waals surface area (Å²) in [6.07, 6.45) is 0. The number of aryl methyl sites for hydroxylation is 3. The Morgan fingerprint density at radius 1 is 1.25 bits per heavy atom. The fourth-order valence-corrected chi connectivity index (χ4v) is 3.05. The van der Waals surface area contributed by atoms with Crippen molar-refractivity contribution < 1.29 is 4.79 Å². The molecule has 2 aromatic heterocycles. The van der Waals surface area contributed by atoms with Gasteiger partial charge in [-0.25, -0.2) is 0 Å². The van der Waals surface area contributed by atoms with Gasteiger partial charge in [0.15, 0.2) is 5.78 Å². The van der Waals surface area contributed by atoms with Gasteiger partial charge in [-0.15, -0.1) is 11.3 Å². The molecule has 0 bridgehead atoms. The second kappa shape index (κ2) is 3.56. The van der Waals surface area contributed by atoms with Crippen molar-refractivity contribution in [3.05, 3.63) is 31.9 Å². The van der Waals surface area contributed by atoms with Gasteiger partial charge in [-0.05, 0) is 33.3 Å². The van der Waals surface area contributed by atoms with Gasteiger partial charge in [-0.3, -0.25) is 9.59 Å². The highest BCUT2D eigenvalue weighted by Gasteiger charge is 2.16. The molecule has 0 aliphatic carbocycles. The molecule has 0 saturated carbocycles. The molecule has 0 atom stereocenters. The number of hydrogen-bond acceptors (Lipinski definition) is 3. The van der Waals surface area contributed by atoms with Gasteiger partial charge in [0.05, 0.1) is 10.9 Å². The van der Waals surface area contributed by atoms with Gasteiger partial charge < -0.3 is 4.98 Å². The van der Waals surface area contributed by atoms with E-state index in [4.69, 9.17) is 0 Å². The van der Waals surface area contributed by atoms with Crippen molar-refractivity contribution in [3.8, 4) is 0 Å². The minimum absolute atomic E-state index is 0.138. The van der Waals surface area contributed by atoms with E-state index in [0.717, 1.165) is 15.3 Å². The van der Waals surface area contributed by atoms with Gasteiger partial charge in [0, 0.05) is 10.6 Å². The zero-order valence-electron chi connectivity index (χ0n) is 9.72. The lowest BCUT2D eigenvalue weighted by molar-refractivity contribution is 0.101. The summed E-state index contributed by atoms with van der Waals surface area (Å²) in [7, 11) is 0. The van der Waals surface area contributed by atoms with Gasteiger partial charge in [0.25, 0.3) is 0 Å². The summed E-state index contributed by atoms with van der Waals surface area (Å²) in [5.41, 5.74) is 1.78. The third kappa shape index (κ3) is 1.41.